The van der Waals surface area contributed by atoms with Crippen molar-refractivity contribution in [2.45, 2.75) is 57.1 Å². The molecule has 9 nitrogen and oxygen atoms in total. The van der Waals surface area contributed by atoms with Crippen LogP contribution in [0.1, 0.15) is 61.5 Å². The fraction of sp³-hybridized carbons (Fsp3) is 0.650. The summed E-state index contributed by atoms with van der Waals surface area (Å²) in [5.41, 5.74) is -2.52. The maximum atomic E-state index is 14.0. The molecule has 32 heavy (non-hydrogen) atoms. The van der Waals surface area contributed by atoms with Gasteiger partial charge in [-0.1, -0.05) is 6.92 Å². The number of nitrogens with zero attached hydrogens (tertiary/aromatic N) is 4. The first kappa shape index (κ1) is 14.9. The smallest absolute Gasteiger partial charge is 0.269 e. The predicted molar refractivity (Wildman–Crippen MR) is 115 cm³/mol. The highest BCUT2D eigenvalue weighted by molar-refractivity contribution is 7.88. The van der Waals surface area contributed by atoms with Crippen LogP contribution in [-0.2, 0) is 10.0 Å². The zero-order valence-electron chi connectivity index (χ0n) is 24.9. The van der Waals surface area contributed by atoms with Crippen LogP contribution in [0.5, 0.6) is 0 Å². The first-order valence-electron chi connectivity index (χ1n) is 13.8. The number of aromatic nitrogens is 3. The van der Waals surface area contributed by atoms with Crippen molar-refractivity contribution in [3.63, 3.8) is 0 Å². The second kappa shape index (κ2) is 8.64. The molecular formula is C20H27F2N5O4S. The third kappa shape index (κ3) is 4.35. The molecule has 0 unspecified atom stereocenters. The Morgan fingerprint density at radius 1 is 1.38 bits per heavy atom. The molecule has 2 aliphatic rings. The van der Waals surface area contributed by atoms with Crippen LogP contribution in [0.3, 0.4) is 0 Å². The minimum absolute atomic E-state index is 0.0646. The maximum absolute atomic E-state index is 14.0. The quantitative estimate of drug-likeness (QED) is 0.673. The lowest BCUT2D eigenvalue weighted by atomic mass is 10.0. The second-order valence-electron chi connectivity index (χ2n) is 7.80. The summed E-state index contributed by atoms with van der Waals surface area (Å²) >= 11 is 0. The lowest BCUT2D eigenvalue weighted by Crippen LogP contribution is -2.42. The molecule has 4 rings (SSSR count). The highest BCUT2D eigenvalue weighted by Gasteiger charge is 2.35. The van der Waals surface area contributed by atoms with Crippen molar-refractivity contribution in [1.29, 1.82) is 0 Å². The number of pyridine rings is 1. The minimum Gasteiger partial charge on any atom is -0.393 e. The summed E-state index contributed by atoms with van der Waals surface area (Å²) in [6.45, 7) is -0.373. The van der Waals surface area contributed by atoms with E-state index in [4.69, 9.17) is 11.0 Å². The molecule has 0 amide bonds. The standard InChI is InChI=1S/C20H27F2N5O4S/c1-11-15(3-4-16(11)28)27-18-12(9-14(17(21)22)19(27)29)10-23-20(25-18)24-13-5-7-26(8-6-13)32(2,30)31/h9-11,13,15-17,28H,3-8H2,1-2H3,(H,23,24,25)/t11-,15+,16+/m0/s1/i2D3,5D2,6D2,17D. The summed E-state index contributed by atoms with van der Waals surface area (Å²) in [5, 5.41) is 12.6. The van der Waals surface area contributed by atoms with E-state index in [1.165, 1.54) is 0 Å². The average molecular weight is 480 g/mol. The van der Waals surface area contributed by atoms with Gasteiger partial charge in [0, 0.05) is 52.3 Å². The monoisotopic (exact) mass is 479 g/mol. The third-order valence-electron chi connectivity index (χ3n) is 5.84. The van der Waals surface area contributed by atoms with Crippen molar-refractivity contribution in [3.8, 4) is 0 Å². The largest absolute Gasteiger partial charge is 0.393 e. The van der Waals surface area contributed by atoms with E-state index in [-0.39, 0.29) is 28.2 Å². The van der Waals surface area contributed by atoms with Gasteiger partial charge in [0.2, 0.25) is 16.0 Å². The first-order chi connectivity index (χ1) is 18.1. The van der Waals surface area contributed by atoms with E-state index >= 15 is 0 Å². The van der Waals surface area contributed by atoms with Gasteiger partial charge in [-0.15, -0.1) is 0 Å². The van der Waals surface area contributed by atoms with Gasteiger partial charge in [-0.3, -0.25) is 9.36 Å². The Balaban J connectivity index is 1.79. The summed E-state index contributed by atoms with van der Waals surface area (Å²) in [7, 11) is -5.05. The van der Waals surface area contributed by atoms with Gasteiger partial charge in [-0.25, -0.2) is 26.5 Å². The van der Waals surface area contributed by atoms with Crippen molar-refractivity contribution in [1.82, 2.24) is 18.8 Å². The summed E-state index contributed by atoms with van der Waals surface area (Å²) in [5.74, 6) is -0.961. The van der Waals surface area contributed by atoms with Crippen molar-refractivity contribution in [3.05, 3.63) is 28.2 Å². The molecule has 3 atom stereocenters. The van der Waals surface area contributed by atoms with Gasteiger partial charge in [-0.2, -0.15) is 4.98 Å². The molecule has 2 fully saturated rings. The number of halogens is 2. The number of aliphatic hydroxyl groups excluding tert-OH is 1. The molecule has 0 radical (unpaired) electrons. The number of hydrogen-bond donors (Lipinski definition) is 2. The molecule has 0 spiro atoms. The van der Waals surface area contributed by atoms with Crippen molar-refractivity contribution < 1.29 is 33.3 Å². The molecule has 12 heteroatoms. The maximum Gasteiger partial charge on any atom is 0.269 e. The summed E-state index contributed by atoms with van der Waals surface area (Å²) < 4.78 is 116. The van der Waals surface area contributed by atoms with Gasteiger partial charge in [-0.05, 0) is 31.7 Å². The summed E-state index contributed by atoms with van der Waals surface area (Å²) in [6.07, 6.45) is -12.4. The number of piperidine rings is 1. The number of alkyl halides is 2. The van der Waals surface area contributed by atoms with E-state index < -0.39 is 89.6 Å². The first-order valence-corrected chi connectivity index (χ1v) is 11.3. The lowest BCUT2D eigenvalue weighted by Gasteiger charge is -2.30. The molecule has 176 valence electrons. The molecule has 2 aromatic heterocycles. The highest BCUT2D eigenvalue weighted by Crippen LogP contribution is 2.37. The molecule has 2 N–H and O–H groups in total. The van der Waals surface area contributed by atoms with E-state index in [2.05, 4.69) is 15.3 Å². The number of rotatable bonds is 5. The van der Waals surface area contributed by atoms with Gasteiger partial charge >= 0.3 is 0 Å². The van der Waals surface area contributed by atoms with E-state index in [1.54, 1.807) is 6.92 Å². The van der Waals surface area contributed by atoms with E-state index in [9.17, 15) is 27.1 Å². The van der Waals surface area contributed by atoms with Gasteiger partial charge < -0.3 is 10.4 Å². The third-order valence-corrected chi connectivity index (χ3v) is 6.78. The number of aliphatic hydroxyl groups is 1. The molecule has 1 aliphatic carbocycles. The number of nitrogens with one attached hydrogen (secondary N) is 1. The van der Waals surface area contributed by atoms with Crippen molar-refractivity contribution in [2.75, 3.05) is 24.6 Å². The minimum atomic E-state index is -5.05. The van der Waals surface area contributed by atoms with Crippen LogP contribution in [-0.4, -0.2) is 63.8 Å². The molecule has 0 bridgehead atoms. The lowest BCUT2D eigenvalue weighted by molar-refractivity contribution is 0.127. The Hall–Kier alpha value is -2.18. The zero-order chi connectivity index (χ0) is 30.2. The van der Waals surface area contributed by atoms with Crippen LogP contribution >= 0.6 is 0 Å². The molecule has 1 aliphatic heterocycles. The SMILES string of the molecule is [2H]C(F)(F)c1cc2cnc(NC3C([2H])([2H])CN(S(=O)(=O)C([2H])([2H])[2H])CC3([2H])[2H])nc2n([C@@H]2CC[C@@H](O)[C@H]2C)c1=O. The van der Waals surface area contributed by atoms with Gasteiger partial charge in [0.1, 0.15) is 7.02 Å². The van der Waals surface area contributed by atoms with Crippen LogP contribution in [0.4, 0.5) is 14.7 Å². The fourth-order valence-corrected chi connectivity index (χ4v) is 4.53. The van der Waals surface area contributed by atoms with Crippen LogP contribution in [0, 0.1) is 5.92 Å². The average Bonchev–Trinajstić information content (AvgIpc) is 3.11. The van der Waals surface area contributed by atoms with E-state index in [1.807, 2.05) is 0 Å². The fourth-order valence-electron chi connectivity index (χ4n) is 4.04. The van der Waals surface area contributed by atoms with E-state index in [0.29, 0.717) is 0 Å². The highest BCUT2D eigenvalue weighted by atomic mass is 32.2. The number of hydrogen-bond acceptors (Lipinski definition) is 7. The Bertz CT molecular complexity index is 1470. The number of sulfonamides is 1. The van der Waals surface area contributed by atoms with E-state index in [0.717, 1.165) is 16.8 Å². The molecule has 3 heterocycles. The van der Waals surface area contributed by atoms with Gasteiger partial charge in [0.05, 0.1) is 17.9 Å². The molecule has 1 saturated carbocycles. The summed E-state index contributed by atoms with van der Waals surface area (Å²) in [6, 6.07) is -1.82. The van der Waals surface area contributed by atoms with Crippen molar-refractivity contribution in [2.24, 2.45) is 5.92 Å². The Kier molecular flexibility index (Phi) is 4.01. The Morgan fingerprint density at radius 2 is 2.09 bits per heavy atom. The molecule has 2 aromatic rings. The van der Waals surface area contributed by atoms with Crippen LogP contribution < -0.4 is 10.9 Å². The Morgan fingerprint density at radius 3 is 2.69 bits per heavy atom. The van der Waals surface area contributed by atoms with Crippen LogP contribution in [0.2, 0.25) is 0 Å². The van der Waals surface area contributed by atoms with Gasteiger partial charge in [0.25, 0.3) is 12.0 Å². The van der Waals surface area contributed by atoms with Crippen LogP contribution in [0.25, 0.3) is 11.0 Å². The molecule has 1 saturated heterocycles. The van der Waals surface area contributed by atoms with Crippen molar-refractivity contribution >= 4 is 27.0 Å². The number of fused-ring (bicyclic) bond motifs is 1. The van der Waals surface area contributed by atoms with Crippen LogP contribution in [0.15, 0.2) is 17.1 Å². The molecular weight excluding hydrogens is 444 g/mol. The van der Waals surface area contributed by atoms with Gasteiger partial charge in [0.15, 0.2) is 0 Å². The topological polar surface area (TPSA) is 117 Å². The predicted octanol–water partition coefficient (Wildman–Crippen LogP) is 1.90. The second-order valence-corrected chi connectivity index (χ2v) is 9.26. The number of anilines is 1. The molecule has 0 aromatic carbocycles. The summed E-state index contributed by atoms with van der Waals surface area (Å²) in [4.78, 5) is 21.3. The Labute approximate surface area is 195 Å². The normalized spacial score (nSPS) is 33.2. The zero-order valence-corrected chi connectivity index (χ0v) is 17.7.